The SMILES string of the molecule is CN(CCc1ccncc1)c1nccc(Nc2ccc3c(c2)OCCO3)n1. The van der Waals surface area contributed by atoms with Crippen LogP contribution in [-0.4, -0.2) is 41.8 Å². The minimum atomic E-state index is 0.566. The van der Waals surface area contributed by atoms with E-state index in [1.54, 1.807) is 6.20 Å². The van der Waals surface area contributed by atoms with Gasteiger partial charge in [-0.1, -0.05) is 0 Å². The Hall–Kier alpha value is -3.35. The molecule has 4 rings (SSSR count). The molecule has 3 heterocycles. The summed E-state index contributed by atoms with van der Waals surface area (Å²) in [7, 11) is 1.99. The van der Waals surface area contributed by atoms with Crippen molar-refractivity contribution in [3.63, 3.8) is 0 Å². The summed E-state index contributed by atoms with van der Waals surface area (Å²) in [6.07, 6.45) is 6.28. The van der Waals surface area contributed by atoms with Crippen LogP contribution in [0.2, 0.25) is 0 Å². The number of benzene rings is 1. The van der Waals surface area contributed by atoms with Crippen molar-refractivity contribution in [1.82, 2.24) is 15.0 Å². The van der Waals surface area contributed by atoms with Gasteiger partial charge in [-0.15, -0.1) is 0 Å². The highest BCUT2D eigenvalue weighted by atomic mass is 16.6. The van der Waals surface area contributed by atoms with Gasteiger partial charge in [0.2, 0.25) is 5.95 Å². The summed E-state index contributed by atoms with van der Waals surface area (Å²) in [4.78, 5) is 15.1. The first-order chi connectivity index (χ1) is 13.3. The number of fused-ring (bicyclic) bond motifs is 1. The highest BCUT2D eigenvalue weighted by Gasteiger charge is 2.12. The zero-order valence-electron chi connectivity index (χ0n) is 15.1. The smallest absolute Gasteiger partial charge is 0.227 e. The topological polar surface area (TPSA) is 72.4 Å². The Morgan fingerprint density at radius 1 is 1.00 bits per heavy atom. The molecular formula is C20H21N5O2. The Morgan fingerprint density at radius 2 is 1.81 bits per heavy atom. The Morgan fingerprint density at radius 3 is 2.67 bits per heavy atom. The maximum Gasteiger partial charge on any atom is 0.227 e. The number of nitrogens with zero attached hydrogens (tertiary/aromatic N) is 4. The molecule has 1 aliphatic heterocycles. The number of rotatable bonds is 6. The lowest BCUT2D eigenvalue weighted by atomic mass is 10.2. The lowest BCUT2D eigenvalue weighted by Crippen LogP contribution is -2.22. The standard InChI is InChI=1S/C20H21N5O2/c1-25(11-7-15-4-8-21-9-5-15)20-22-10-6-19(24-20)23-16-2-3-17-18(14-16)27-13-12-26-17/h2-6,8-10,14H,7,11-13H2,1H3,(H,22,23,24). The van der Waals surface area contributed by atoms with Gasteiger partial charge in [0.1, 0.15) is 19.0 Å². The number of hydrogen-bond donors (Lipinski definition) is 1. The van der Waals surface area contributed by atoms with Gasteiger partial charge >= 0.3 is 0 Å². The van der Waals surface area contributed by atoms with Crippen LogP contribution in [-0.2, 0) is 6.42 Å². The van der Waals surface area contributed by atoms with Crippen molar-refractivity contribution in [3.8, 4) is 11.5 Å². The van der Waals surface area contributed by atoms with E-state index in [9.17, 15) is 0 Å². The molecule has 1 aliphatic rings. The van der Waals surface area contributed by atoms with Crippen LogP contribution in [0.4, 0.5) is 17.5 Å². The largest absolute Gasteiger partial charge is 0.486 e. The summed E-state index contributed by atoms with van der Waals surface area (Å²) in [6, 6.07) is 11.7. The fourth-order valence-electron chi connectivity index (χ4n) is 2.82. The van der Waals surface area contributed by atoms with Crippen molar-refractivity contribution in [3.05, 3.63) is 60.6 Å². The molecule has 138 valence electrons. The van der Waals surface area contributed by atoms with E-state index in [0.717, 1.165) is 36.0 Å². The average Bonchev–Trinajstić information content (AvgIpc) is 2.73. The molecule has 0 unspecified atom stereocenters. The van der Waals surface area contributed by atoms with Gasteiger partial charge < -0.3 is 19.7 Å². The zero-order valence-corrected chi connectivity index (χ0v) is 15.1. The van der Waals surface area contributed by atoms with E-state index < -0.39 is 0 Å². The van der Waals surface area contributed by atoms with E-state index in [-0.39, 0.29) is 0 Å². The van der Waals surface area contributed by atoms with Crippen molar-refractivity contribution in [2.75, 3.05) is 37.0 Å². The molecule has 0 saturated heterocycles. The third-order valence-electron chi connectivity index (χ3n) is 4.28. The number of ether oxygens (including phenoxy) is 2. The second-order valence-electron chi connectivity index (χ2n) is 6.25. The first-order valence-electron chi connectivity index (χ1n) is 8.88. The fraction of sp³-hybridized carbons (Fsp3) is 0.250. The molecule has 1 N–H and O–H groups in total. The van der Waals surface area contributed by atoms with Crippen molar-refractivity contribution >= 4 is 17.5 Å². The summed E-state index contributed by atoms with van der Waals surface area (Å²) in [5, 5.41) is 3.30. The van der Waals surface area contributed by atoms with Gasteiger partial charge in [-0.25, -0.2) is 4.98 Å². The molecule has 3 aromatic rings. The van der Waals surface area contributed by atoms with E-state index in [1.165, 1.54) is 5.56 Å². The number of anilines is 3. The van der Waals surface area contributed by atoms with E-state index in [4.69, 9.17) is 9.47 Å². The molecule has 0 amide bonds. The number of hydrogen-bond acceptors (Lipinski definition) is 7. The van der Waals surface area contributed by atoms with E-state index in [2.05, 4.69) is 20.3 Å². The second-order valence-corrected chi connectivity index (χ2v) is 6.25. The molecule has 7 nitrogen and oxygen atoms in total. The lowest BCUT2D eigenvalue weighted by Gasteiger charge is -2.20. The summed E-state index contributed by atoms with van der Waals surface area (Å²) in [6.45, 7) is 1.97. The highest BCUT2D eigenvalue weighted by Crippen LogP contribution is 2.33. The Kier molecular flexibility index (Phi) is 5.00. The van der Waals surface area contributed by atoms with Gasteiger partial charge in [-0.3, -0.25) is 4.98 Å². The number of nitrogens with one attached hydrogen (secondary N) is 1. The van der Waals surface area contributed by atoms with E-state index in [1.807, 2.05) is 60.7 Å². The summed E-state index contributed by atoms with van der Waals surface area (Å²) in [5.41, 5.74) is 2.13. The monoisotopic (exact) mass is 363 g/mol. The van der Waals surface area contributed by atoms with Gasteiger partial charge in [0.15, 0.2) is 11.5 Å². The molecule has 0 spiro atoms. The molecule has 2 aromatic heterocycles. The molecule has 0 atom stereocenters. The van der Waals surface area contributed by atoms with Gasteiger partial charge in [-0.2, -0.15) is 4.98 Å². The van der Waals surface area contributed by atoms with Crippen LogP contribution in [0.15, 0.2) is 55.0 Å². The molecule has 0 radical (unpaired) electrons. The average molecular weight is 363 g/mol. The lowest BCUT2D eigenvalue weighted by molar-refractivity contribution is 0.171. The van der Waals surface area contributed by atoms with Crippen LogP contribution in [0.1, 0.15) is 5.56 Å². The van der Waals surface area contributed by atoms with Crippen molar-refractivity contribution in [2.24, 2.45) is 0 Å². The molecular weight excluding hydrogens is 342 g/mol. The first kappa shape index (κ1) is 17.1. The van der Waals surface area contributed by atoms with Gasteiger partial charge in [0, 0.05) is 43.9 Å². The predicted octanol–water partition coefficient (Wildman–Crippen LogP) is 3.07. The van der Waals surface area contributed by atoms with Crippen molar-refractivity contribution in [1.29, 1.82) is 0 Å². The predicted molar refractivity (Wildman–Crippen MR) is 104 cm³/mol. The fourth-order valence-corrected chi connectivity index (χ4v) is 2.82. The van der Waals surface area contributed by atoms with E-state index >= 15 is 0 Å². The number of pyridine rings is 1. The van der Waals surface area contributed by atoms with Crippen molar-refractivity contribution in [2.45, 2.75) is 6.42 Å². The number of likely N-dealkylation sites (N-methyl/N-ethyl adjacent to an activating group) is 1. The molecule has 0 aliphatic carbocycles. The summed E-state index contributed by atoms with van der Waals surface area (Å²) >= 11 is 0. The molecule has 0 fully saturated rings. The Balaban J connectivity index is 1.42. The highest BCUT2D eigenvalue weighted by molar-refractivity contribution is 5.62. The van der Waals surface area contributed by atoms with Crippen LogP contribution in [0, 0.1) is 0 Å². The van der Waals surface area contributed by atoms with E-state index in [0.29, 0.717) is 19.2 Å². The van der Waals surface area contributed by atoms with Gasteiger partial charge in [-0.05, 0) is 42.3 Å². The molecule has 27 heavy (non-hydrogen) atoms. The Bertz CT molecular complexity index is 904. The quantitative estimate of drug-likeness (QED) is 0.721. The van der Waals surface area contributed by atoms with Crippen LogP contribution in [0.3, 0.4) is 0 Å². The van der Waals surface area contributed by atoms with Crippen LogP contribution in [0.5, 0.6) is 11.5 Å². The normalized spacial score (nSPS) is 12.5. The number of aromatic nitrogens is 3. The molecule has 0 bridgehead atoms. The third kappa shape index (κ3) is 4.25. The van der Waals surface area contributed by atoms with Crippen LogP contribution < -0.4 is 19.7 Å². The van der Waals surface area contributed by atoms with Crippen LogP contribution >= 0.6 is 0 Å². The Labute approximate surface area is 158 Å². The molecule has 0 saturated carbocycles. The van der Waals surface area contributed by atoms with Gasteiger partial charge in [0.05, 0.1) is 0 Å². The third-order valence-corrected chi connectivity index (χ3v) is 4.28. The minimum Gasteiger partial charge on any atom is -0.486 e. The van der Waals surface area contributed by atoms with Crippen molar-refractivity contribution < 1.29 is 9.47 Å². The summed E-state index contributed by atoms with van der Waals surface area (Å²) in [5.74, 6) is 2.92. The second kappa shape index (κ2) is 7.90. The zero-order chi connectivity index (χ0) is 18.5. The molecule has 7 heteroatoms. The summed E-state index contributed by atoms with van der Waals surface area (Å²) < 4.78 is 11.2. The maximum atomic E-state index is 5.63. The minimum absolute atomic E-state index is 0.566. The van der Waals surface area contributed by atoms with Crippen LogP contribution in [0.25, 0.3) is 0 Å². The first-order valence-corrected chi connectivity index (χ1v) is 8.88. The maximum absolute atomic E-state index is 5.63. The van der Waals surface area contributed by atoms with Gasteiger partial charge in [0.25, 0.3) is 0 Å². The molecule has 1 aromatic carbocycles.